The van der Waals surface area contributed by atoms with Gasteiger partial charge in [0.25, 0.3) is 0 Å². The lowest BCUT2D eigenvalue weighted by atomic mass is 9.82. The summed E-state index contributed by atoms with van der Waals surface area (Å²) in [6, 6.07) is 0. The molecule has 1 saturated carbocycles. The quantitative estimate of drug-likeness (QED) is 0.617. The molecule has 4 atom stereocenters. The summed E-state index contributed by atoms with van der Waals surface area (Å²) < 4.78 is 5.12. The molecule has 0 radical (unpaired) electrons. The van der Waals surface area contributed by atoms with E-state index in [1.807, 2.05) is 26.0 Å². The van der Waals surface area contributed by atoms with E-state index >= 15 is 0 Å². The molecule has 1 aromatic heterocycles. The van der Waals surface area contributed by atoms with Crippen LogP contribution in [0.25, 0.3) is 0 Å². The molecule has 3 rings (SSSR count). The first-order chi connectivity index (χ1) is 11.0. The van der Waals surface area contributed by atoms with E-state index in [0.717, 1.165) is 36.3 Å². The molecule has 1 fully saturated rings. The van der Waals surface area contributed by atoms with Gasteiger partial charge >= 0.3 is 5.97 Å². The smallest absolute Gasteiger partial charge is 0.307 e. The number of carboxylic acids is 1. The predicted molar refractivity (Wildman–Crippen MR) is 82.7 cm³/mol. The third kappa shape index (κ3) is 2.90. The van der Waals surface area contributed by atoms with Crippen molar-refractivity contribution in [1.29, 1.82) is 0 Å². The van der Waals surface area contributed by atoms with E-state index in [1.54, 1.807) is 0 Å². The molecule has 23 heavy (non-hydrogen) atoms. The Labute approximate surface area is 134 Å². The molecule has 0 unspecified atom stereocenters. The lowest BCUT2D eigenvalue weighted by molar-refractivity contribution is -0.147. The van der Waals surface area contributed by atoms with E-state index in [1.165, 1.54) is 0 Å². The first-order valence-corrected chi connectivity index (χ1v) is 8.09. The van der Waals surface area contributed by atoms with Gasteiger partial charge in [0.15, 0.2) is 0 Å². The lowest BCUT2D eigenvalue weighted by Crippen LogP contribution is -2.40. The predicted octanol–water partition coefficient (Wildman–Crippen LogP) is 1.86. The summed E-state index contributed by atoms with van der Waals surface area (Å²) in [5.41, 5.74) is 1.98. The van der Waals surface area contributed by atoms with Crippen LogP contribution in [0.1, 0.15) is 29.9 Å². The average Bonchev–Trinajstić information content (AvgIpc) is 3.19. The minimum Gasteiger partial charge on any atom is -0.481 e. The third-order valence-corrected chi connectivity index (χ3v) is 5.13. The molecule has 2 aliphatic carbocycles. The first kappa shape index (κ1) is 15.8. The summed E-state index contributed by atoms with van der Waals surface area (Å²) in [5, 5.41) is 16.2. The number of amides is 1. The highest BCUT2D eigenvalue weighted by Gasteiger charge is 2.51. The van der Waals surface area contributed by atoms with Crippen molar-refractivity contribution in [2.75, 3.05) is 6.54 Å². The summed E-state index contributed by atoms with van der Waals surface area (Å²) in [7, 11) is 0. The summed E-state index contributed by atoms with van der Waals surface area (Å²) >= 11 is 0. The molecule has 2 N–H and O–H groups in total. The number of aliphatic carboxylic acids is 1. The maximum Gasteiger partial charge on any atom is 0.307 e. The van der Waals surface area contributed by atoms with Crippen LogP contribution in [0.15, 0.2) is 16.7 Å². The Morgan fingerprint density at radius 2 is 2.00 bits per heavy atom. The van der Waals surface area contributed by atoms with Crippen LogP contribution in [0.2, 0.25) is 0 Å². The van der Waals surface area contributed by atoms with Gasteiger partial charge in [0.05, 0.1) is 17.5 Å². The topological polar surface area (TPSA) is 92.4 Å². The Morgan fingerprint density at radius 1 is 1.30 bits per heavy atom. The minimum atomic E-state index is -0.863. The molecule has 1 aromatic rings. The van der Waals surface area contributed by atoms with E-state index in [0.29, 0.717) is 6.54 Å². The van der Waals surface area contributed by atoms with Gasteiger partial charge in [0, 0.05) is 12.1 Å². The van der Waals surface area contributed by atoms with Gasteiger partial charge in [0.2, 0.25) is 5.91 Å². The van der Waals surface area contributed by atoms with E-state index < -0.39 is 17.8 Å². The van der Waals surface area contributed by atoms with Crippen LogP contribution < -0.4 is 5.32 Å². The first-order valence-electron chi connectivity index (χ1n) is 8.09. The van der Waals surface area contributed by atoms with Crippen LogP contribution >= 0.6 is 0 Å². The molecule has 2 bridgehead atoms. The van der Waals surface area contributed by atoms with E-state index in [2.05, 4.69) is 10.5 Å². The highest BCUT2D eigenvalue weighted by Crippen LogP contribution is 2.48. The third-order valence-electron chi connectivity index (χ3n) is 5.13. The van der Waals surface area contributed by atoms with Gasteiger partial charge in [-0.05, 0) is 44.9 Å². The van der Waals surface area contributed by atoms with Crippen LogP contribution in [-0.2, 0) is 16.0 Å². The summed E-state index contributed by atoms with van der Waals surface area (Å²) in [6.07, 6.45) is 6.31. The van der Waals surface area contributed by atoms with Crippen molar-refractivity contribution in [3.63, 3.8) is 0 Å². The second kappa shape index (κ2) is 6.18. The average molecular weight is 318 g/mol. The largest absolute Gasteiger partial charge is 0.481 e. The number of hydrogen-bond donors (Lipinski definition) is 2. The van der Waals surface area contributed by atoms with Gasteiger partial charge in [-0.1, -0.05) is 17.3 Å². The lowest BCUT2D eigenvalue weighted by Gasteiger charge is -2.23. The van der Waals surface area contributed by atoms with Crippen molar-refractivity contribution in [3.05, 3.63) is 29.2 Å². The molecule has 0 spiro atoms. The molecular formula is C17H22N2O4. The second-order valence-electron chi connectivity index (χ2n) is 6.54. The fraction of sp³-hybridized carbons (Fsp3) is 0.588. The number of carbonyl (C=O) groups excluding carboxylic acids is 1. The van der Waals surface area contributed by atoms with Crippen LogP contribution in [0.3, 0.4) is 0 Å². The molecular weight excluding hydrogens is 296 g/mol. The van der Waals surface area contributed by atoms with Gasteiger partial charge in [-0.3, -0.25) is 9.59 Å². The summed E-state index contributed by atoms with van der Waals surface area (Å²) in [5.74, 6) is -1.10. The van der Waals surface area contributed by atoms with E-state index in [-0.39, 0.29) is 17.7 Å². The number of hydrogen-bond acceptors (Lipinski definition) is 4. The number of rotatable bonds is 6. The summed E-state index contributed by atoms with van der Waals surface area (Å²) in [6.45, 7) is 4.32. The molecule has 0 aliphatic heterocycles. The maximum atomic E-state index is 12.4. The van der Waals surface area contributed by atoms with Crippen molar-refractivity contribution in [1.82, 2.24) is 10.5 Å². The Hall–Kier alpha value is -2.11. The summed E-state index contributed by atoms with van der Waals surface area (Å²) in [4.78, 5) is 23.8. The fourth-order valence-electron chi connectivity index (χ4n) is 3.97. The van der Waals surface area contributed by atoms with Crippen molar-refractivity contribution < 1.29 is 19.2 Å². The molecule has 1 heterocycles. The van der Waals surface area contributed by atoms with Gasteiger partial charge in [-0.2, -0.15) is 0 Å². The van der Waals surface area contributed by atoms with Gasteiger partial charge < -0.3 is 14.9 Å². The standard InChI is InChI=1S/C17H22N2O4/c1-9-13(10(2)23-19-9)4-3-7-18-16(20)14-11-5-6-12(8-11)15(14)17(21)22/h5-6,11-12,14-15H,3-4,7-8H2,1-2H3,(H,18,20)(H,21,22)/t11-,12-,14-,15-/m0/s1. The number of fused-ring (bicyclic) bond motifs is 2. The van der Waals surface area contributed by atoms with E-state index in [4.69, 9.17) is 4.52 Å². The van der Waals surface area contributed by atoms with Crippen LogP contribution in [0.4, 0.5) is 0 Å². The van der Waals surface area contributed by atoms with E-state index in [9.17, 15) is 14.7 Å². The number of carbonyl (C=O) groups is 2. The molecule has 6 nitrogen and oxygen atoms in total. The number of carboxylic acid groups (broad SMARTS) is 1. The van der Waals surface area contributed by atoms with Crippen LogP contribution in [0.5, 0.6) is 0 Å². The number of nitrogens with zero attached hydrogens (tertiary/aromatic N) is 1. The highest BCUT2D eigenvalue weighted by atomic mass is 16.5. The van der Waals surface area contributed by atoms with Crippen molar-refractivity contribution in [2.45, 2.75) is 33.1 Å². The number of nitrogens with one attached hydrogen (secondary N) is 1. The van der Waals surface area contributed by atoms with Gasteiger partial charge in [0.1, 0.15) is 5.76 Å². The fourth-order valence-corrected chi connectivity index (χ4v) is 3.97. The Bertz CT molecular complexity index is 630. The number of aryl methyl sites for hydroxylation is 2. The second-order valence-corrected chi connectivity index (χ2v) is 6.54. The van der Waals surface area contributed by atoms with Crippen molar-refractivity contribution in [3.8, 4) is 0 Å². The Balaban J connectivity index is 1.52. The maximum absolute atomic E-state index is 12.4. The Kier molecular flexibility index (Phi) is 4.24. The zero-order chi connectivity index (χ0) is 16.6. The Morgan fingerprint density at radius 3 is 2.61 bits per heavy atom. The molecule has 0 saturated heterocycles. The van der Waals surface area contributed by atoms with Crippen molar-refractivity contribution >= 4 is 11.9 Å². The molecule has 0 aromatic carbocycles. The molecule has 6 heteroatoms. The van der Waals surface area contributed by atoms with Crippen LogP contribution in [-0.4, -0.2) is 28.7 Å². The van der Waals surface area contributed by atoms with Crippen molar-refractivity contribution in [2.24, 2.45) is 23.7 Å². The molecule has 2 aliphatic rings. The minimum absolute atomic E-state index is 0.00977. The number of allylic oxidation sites excluding steroid dienone is 2. The molecule has 1 amide bonds. The highest BCUT2D eigenvalue weighted by molar-refractivity contribution is 5.86. The SMILES string of the molecule is Cc1noc(C)c1CCCNC(=O)[C@@H]1[C@@H](C(=O)O)[C@H]2C=C[C@H]1C2. The van der Waals surface area contributed by atoms with Gasteiger partial charge in [-0.15, -0.1) is 0 Å². The zero-order valence-corrected chi connectivity index (χ0v) is 13.4. The zero-order valence-electron chi connectivity index (χ0n) is 13.4. The normalized spacial score (nSPS) is 28.3. The van der Waals surface area contributed by atoms with Crippen LogP contribution in [0, 0.1) is 37.5 Å². The molecule has 124 valence electrons. The monoisotopic (exact) mass is 318 g/mol. The number of aromatic nitrogens is 1. The van der Waals surface area contributed by atoms with Gasteiger partial charge in [-0.25, -0.2) is 0 Å².